The number of hydrogen-bond donors (Lipinski definition) is 3. The summed E-state index contributed by atoms with van der Waals surface area (Å²) in [6, 6.07) is 38.1. The number of nitrogens with one attached hydrogen (secondary N) is 2. The second-order valence-electron chi connectivity index (χ2n) is 13.2. The smallest absolute Gasteiger partial charge is 0.475 e. The number of Topliss-reactive ketones (excluding diaryl/α,β-unsaturated/α-hetero) is 1. The molecule has 0 bridgehead atoms. The molecule has 2 aliphatic rings. The molecule has 2 heterocycles. The average Bonchev–Trinajstić information content (AvgIpc) is 3.15. The van der Waals surface area contributed by atoms with Crippen molar-refractivity contribution < 1.29 is 27.9 Å². The molecule has 4 unspecified atom stereocenters. The highest BCUT2D eigenvalue weighted by Crippen LogP contribution is 2.33. The van der Waals surface area contributed by atoms with Crippen LogP contribution in [0.2, 0.25) is 0 Å². The SMILES string of the molecule is CC(NCC(C(=O)C(CNC(C)c1ccccc1)N1CCCc2ccccc21)N1CCCc2ccccc21)c1ccccc1.O=C(O)C(F)(F)F. The Morgan fingerprint density at radius 3 is 1.37 bits per heavy atom. The Kier molecular flexibility index (Phi) is 12.9. The molecule has 0 spiro atoms. The highest BCUT2D eigenvalue weighted by atomic mass is 19.4. The summed E-state index contributed by atoms with van der Waals surface area (Å²) in [5.41, 5.74) is 7.55. The first-order valence-electron chi connectivity index (χ1n) is 17.6. The zero-order valence-electron chi connectivity index (χ0n) is 29.2. The van der Waals surface area contributed by atoms with E-state index in [1.54, 1.807) is 0 Å². The van der Waals surface area contributed by atoms with Gasteiger partial charge in [-0.05, 0) is 73.9 Å². The van der Waals surface area contributed by atoms with E-state index in [0.29, 0.717) is 13.1 Å². The largest absolute Gasteiger partial charge is 0.490 e. The van der Waals surface area contributed by atoms with E-state index >= 15 is 4.79 Å². The number of carbonyl (C=O) groups is 2. The van der Waals surface area contributed by atoms with Gasteiger partial charge >= 0.3 is 12.1 Å². The van der Waals surface area contributed by atoms with Gasteiger partial charge in [-0.2, -0.15) is 13.2 Å². The fourth-order valence-electron chi connectivity index (χ4n) is 7.02. The second-order valence-corrected chi connectivity index (χ2v) is 13.2. The summed E-state index contributed by atoms with van der Waals surface area (Å²) in [7, 11) is 0. The highest BCUT2D eigenvalue weighted by Gasteiger charge is 2.39. The quantitative estimate of drug-likeness (QED) is 0.141. The van der Waals surface area contributed by atoms with E-state index in [9.17, 15) is 13.2 Å². The van der Waals surface area contributed by atoms with Crippen molar-refractivity contribution in [3.05, 3.63) is 131 Å². The number of aliphatic carboxylic acids is 1. The van der Waals surface area contributed by atoms with E-state index in [0.717, 1.165) is 38.8 Å². The number of para-hydroxylation sites is 2. The second kappa shape index (κ2) is 17.5. The summed E-state index contributed by atoms with van der Waals surface area (Å²) in [6.07, 6.45) is -0.869. The van der Waals surface area contributed by atoms with Gasteiger partial charge in [0.25, 0.3) is 0 Å². The van der Waals surface area contributed by atoms with Gasteiger partial charge in [-0.1, -0.05) is 97.1 Å². The van der Waals surface area contributed by atoms with Crippen LogP contribution in [0.3, 0.4) is 0 Å². The molecule has 2 aliphatic heterocycles. The van der Waals surface area contributed by atoms with Crippen molar-refractivity contribution in [2.45, 2.75) is 69.9 Å². The predicted molar refractivity (Wildman–Crippen MR) is 196 cm³/mol. The number of ketones is 1. The minimum Gasteiger partial charge on any atom is -0.475 e. The lowest BCUT2D eigenvalue weighted by Crippen LogP contribution is -2.59. The molecule has 270 valence electrons. The molecule has 0 fully saturated rings. The average molecular weight is 701 g/mol. The fourth-order valence-corrected chi connectivity index (χ4v) is 7.02. The van der Waals surface area contributed by atoms with Crippen LogP contribution in [0.25, 0.3) is 0 Å². The molecule has 3 N–H and O–H groups in total. The third-order valence-corrected chi connectivity index (χ3v) is 9.78. The van der Waals surface area contributed by atoms with Crippen LogP contribution in [0.5, 0.6) is 0 Å². The maximum Gasteiger partial charge on any atom is 0.490 e. The zero-order chi connectivity index (χ0) is 36.4. The van der Waals surface area contributed by atoms with Crippen LogP contribution < -0.4 is 20.4 Å². The molecule has 0 amide bonds. The molecule has 0 radical (unpaired) electrons. The molecule has 0 aliphatic carbocycles. The number of carboxylic acid groups (broad SMARTS) is 1. The maximum atomic E-state index is 15.2. The molecule has 4 aromatic carbocycles. The molecular formula is C41H47F3N4O3. The van der Waals surface area contributed by atoms with Crippen molar-refractivity contribution in [1.82, 2.24) is 10.6 Å². The number of carbonyl (C=O) groups excluding carboxylic acids is 1. The number of nitrogens with zero attached hydrogens (tertiary/aromatic N) is 2. The number of hydrogen-bond acceptors (Lipinski definition) is 6. The molecule has 51 heavy (non-hydrogen) atoms. The highest BCUT2D eigenvalue weighted by molar-refractivity contribution is 5.95. The van der Waals surface area contributed by atoms with E-state index < -0.39 is 12.1 Å². The minimum atomic E-state index is -5.08. The molecule has 0 saturated heterocycles. The Balaban J connectivity index is 0.000000654. The normalized spacial score (nSPS) is 16.4. The summed E-state index contributed by atoms with van der Waals surface area (Å²) >= 11 is 0. The first-order chi connectivity index (χ1) is 24.5. The standard InChI is InChI=1S/C39H46N4O.C2HF3O2/c1-29(31-15-5-3-6-16-31)40-27-37(42-25-13-21-33-19-9-11-23-35(33)42)39(44)38(28-41-30(2)32-17-7-4-8-18-32)43-26-14-22-34-20-10-12-24-36(34)43;3-2(4,5)1(6)7/h3-12,15-20,23-24,29-30,37-38,40-41H,13-14,21-22,25-28H2,1-2H3;(H,6,7). The van der Waals surface area contributed by atoms with Crippen LogP contribution in [0.1, 0.15) is 61.0 Å². The Labute approximate surface area is 298 Å². The Bertz CT molecular complexity index is 1610. The number of rotatable bonds is 12. The Morgan fingerprint density at radius 1 is 0.647 bits per heavy atom. The van der Waals surface area contributed by atoms with Gasteiger partial charge in [0.1, 0.15) is 12.1 Å². The van der Waals surface area contributed by atoms with Gasteiger partial charge in [-0.25, -0.2) is 4.79 Å². The molecule has 10 heteroatoms. The fraction of sp³-hybridized carbons (Fsp3) is 0.366. The van der Waals surface area contributed by atoms with Crippen molar-refractivity contribution in [2.24, 2.45) is 0 Å². The number of carboxylic acids is 1. The third-order valence-electron chi connectivity index (χ3n) is 9.78. The van der Waals surface area contributed by atoms with E-state index in [-0.39, 0.29) is 30.0 Å². The van der Waals surface area contributed by atoms with Gasteiger partial charge < -0.3 is 25.5 Å². The molecule has 4 aromatic rings. The summed E-state index contributed by atoms with van der Waals surface area (Å²) < 4.78 is 31.7. The van der Waals surface area contributed by atoms with Crippen molar-refractivity contribution in [3.63, 3.8) is 0 Å². The molecule has 7 nitrogen and oxygen atoms in total. The van der Waals surface area contributed by atoms with Gasteiger partial charge in [-0.15, -0.1) is 0 Å². The number of anilines is 2. The lowest BCUT2D eigenvalue weighted by Gasteiger charge is -2.43. The number of benzene rings is 4. The van der Waals surface area contributed by atoms with Crippen molar-refractivity contribution in [1.29, 1.82) is 0 Å². The lowest BCUT2D eigenvalue weighted by molar-refractivity contribution is -0.192. The number of fused-ring (bicyclic) bond motifs is 2. The van der Waals surface area contributed by atoms with Crippen LogP contribution in [0.4, 0.5) is 24.5 Å². The van der Waals surface area contributed by atoms with Gasteiger partial charge in [-0.3, -0.25) is 4.79 Å². The van der Waals surface area contributed by atoms with Gasteiger partial charge in [0.2, 0.25) is 0 Å². The summed E-state index contributed by atoms with van der Waals surface area (Å²) in [6.45, 7) is 7.33. The summed E-state index contributed by atoms with van der Waals surface area (Å²) in [5.74, 6) is -2.48. The molecule has 0 aromatic heterocycles. The van der Waals surface area contributed by atoms with Crippen molar-refractivity contribution >= 4 is 23.1 Å². The molecule has 6 rings (SSSR count). The Hall–Kier alpha value is -4.67. The van der Waals surface area contributed by atoms with E-state index in [2.05, 4.69) is 143 Å². The van der Waals surface area contributed by atoms with E-state index in [4.69, 9.17) is 9.90 Å². The maximum absolute atomic E-state index is 15.2. The predicted octanol–water partition coefficient (Wildman–Crippen LogP) is 7.53. The zero-order valence-corrected chi connectivity index (χ0v) is 29.2. The first kappa shape index (κ1) is 37.6. The first-order valence-corrected chi connectivity index (χ1v) is 17.6. The third kappa shape index (κ3) is 9.77. The Morgan fingerprint density at radius 2 is 1.00 bits per heavy atom. The van der Waals surface area contributed by atoms with Crippen LogP contribution in [-0.2, 0) is 22.4 Å². The minimum absolute atomic E-state index is 0.136. The van der Waals surface area contributed by atoms with Gasteiger partial charge in [0.05, 0.1) is 0 Å². The number of halogens is 3. The number of aryl methyl sites for hydroxylation is 2. The van der Waals surface area contributed by atoms with E-state index in [1.165, 1.54) is 33.6 Å². The van der Waals surface area contributed by atoms with Crippen LogP contribution >= 0.6 is 0 Å². The molecular weight excluding hydrogens is 653 g/mol. The molecule has 4 atom stereocenters. The molecule has 0 saturated carbocycles. The monoisotopic (exact) mass is 700 g/mol. The van der Waals surface area contributed by atoms with Crippen LogP contribution in [-0.4, -0.2) is 61.3 Å². The number of alkyl halides is 3. The summed E-state index contributed by atoms with van der Waals surface area (Å²) in [4.78, 5) is 28.9. The topological polar surface area (TPSA) is 84.9 Å². The van der Waals surface area contributed by atoms with Crippen LogP contribution in [0.15, 0.2) is 109 Å². The van der Waals surface area contributed by atoms with Crippen molar-refractivity contribution in [2.75, 3.05) is 36.0 Å². The van der Waals surface area contributed by atoms with Gasteiger partial charge in [0.15, 0.2) is 5.78 Å². The van der Waals surface area contributed by atoms with Gasteiger partial charge in [0, 0.05) is 49.6 Å². The van der Waals surface area contributed by atoms with Crippen LogP contribution in [0, 0.1) is 0 Å². The lowest BCUT2D eigenvalue weighted by atomic mass is 9.93. The summed E-state index contributed by atoms with van der Waals surface area (Å²) in [5, 5.41) is 14.7. The van der Waals surface area contributed by atoms with Crippen molar-refractivity contribution in [3.8, 4) is 0 Å². The van der Waals surface area contributed by atoms with E-state index in [1.807, 2.05) is 0 Å².